The summed E-state index contributed by atoms with van der Waals surface area (Å²) in [5.74, 6) is 1.67. The Bertz CT molecular complexity index is 736. The maximum Gasteiger partial charge on any atom is 0.251 e. The number of nitrogens with zero attached hydrogens (tertiary/aromatic N) is 1. The highest BCUT2D eigenvalue weighted by molar-refractivity contribution is 5.95. The van der Waals surface area contributed by atoms with Gasteiger partial charge in [-0.05, 0) is 43.5 Å². The molecule has 0 radical (unpaired) electrons. The van der Waals surface area contributed by atoms with Gasteiger partial charge in [-0.1, -0.05) is 18.2 Å². The van der Waals surface area contributed by atoms with E-state index in [0.29, 0.717) is 29.5 Å². The Hall–Kier alpha value is -2.69. The summed E-state index contributed by atoms with van der Waals surface area (Å²) in [6.45, 7) is 4.57. The number of para-hydroxylation sites is 1. The Morgan fingerprint density at radius 3 is 2.42 bits per heavy atom. The second kappa shape index (κ2) is 8.13. The van der Waals surface area contributed by atoms with Gasteiger partial charge in [-0.25, -0.2) is 0 Å². The molecule has 1 fully saturated rings. The standard InChI is InChI=1S/C21H26N2O3/c1-15-19(25-2)11-17(12-20(15)26-3)21(24)22-13-16-9-10-23(14-16)18-7-5-4-6-8-18/h4-8,11-12,16H,9-10,13-14H2,1-3H3,(H,22,24). The summed E-state index contributed by atoms with van der Waals surface area (Å²) < 4.78 is 10.7. The Balaban J connectivity index is 1.59. The van der Waals surface area contributed by atoms with Crippen molar-refractivity contribution in [2.45, 2.75) is 13.3 Å². The van der Waals surface area contributed by atoms with E-state index < -0.39 is 0 Å². The average molecular weight is 354 g/mol. The van der Waals surface area contributed by atoms with E-state index in [1.807, 2.05) is 13.0 Å². The van der Waals surface area contributed by atoms with Crippen LogP contribution in [0, 0.1) is 12.8 Å². The molecular formula is C21H26N2O3. The first kappa shape index (κ1) is 18.1. The fourth-order valence-electron chi connectivity index (χ4n) is 3.43. The van der Waals surface area contributed by atoms with Crippen LogP contribution < -0.4 is 19.7 Å². The quantitative estimate of drug-likeness (QED) is 0.865. The van der Waals surface area contributed by atoms with Crippen LogP contribution in [-0.4, -0.2) is 39.8 Å². The van der Waals surface area contributed by atoms with Gasteiger partial charge in [-0.2, -0.15) is 0 Å². The van der Waals surface area contributed by atoms with Crippen molar-refractivity contribution < 1.29 is 14.3 Å². The fraction of sp³-hybridized carbons (Fsp3) is 0.381. The number of methoxy groups -OCH3 is 2. The predicted molar refractivity (Wildman–Crippen MR) is 103 cm³/mol. The highest BCUT2D eigenvalue weighted by atomic mass is 16.5. The molecule has 1 atom stereocenters. The smallest absolute Gasteiger partial charge is 0.251 e. The number of anilines is 1. The van der Waals surface area contributed by atoms with Crippen LogP contribution in [0.15, 0.2) is 42.5 Å². The molecule has 5 heteroatoms. The van der Waals surface area contributed by atoms with Gasteiger partial charge in [-0.15, -0.1) is 0 Å². The molecule has 0 aromatic heterocycles. The molecule has 1 saturated heterocycles. The molecule has 1 heterocycles. The molecule has 1 unspecified atom stereocenters. The molecule has 0 spiro atoms. The molecule has 2 aromatic rings. The van der Waals surface area contributed by atoms with Gasteiger partial charge in [0.2, 0.25) is 0 Å². The van der Waals surface area contributed by atoms with Gasteiger partial charge in [0.25, 0.3) is 5.91 Å². The van der Waals surface area contributed by atoms with Crippen molar-refractivity contribution in [2.75, 3.05) is 38.8 Å². The monoisotopic (exact) mass is 354 g/mol. The van der Waals surface area contributed by atoms with Crippen LogP contribution in [0.3, 0.4) is 0 Å². The van der Waals surface area contributed by atoms with Crippen LogP contribution in [0.5, 0.6) is 11.5 Å². The maximum absolute atomic E-state index is 12.6. The second-order valence-corrected chi connectivity index (χ2v) is 6.65. The van der Waals surface area contributed by atoms with Crippen molar-refractivity contribution >= 4 is 11.6 Å². The minimum Gasteiger partial charge on any atom is -0.496 e. The number of hydrogen-bond acceptors (Lipinski definition) is 4. The molecule has 0 saturated carbocycles. The zero-order valence-electron chi connectivity index (χ0n) is 15.6. The number of benzene rings is 2. The normalized spacial score (nSPS) is 16.4. The van der Waals surface area contributed by atoms with Crippen molar-refractivity contribution in [1.82, 2.24) is 5.32 Å². The summed E-state index contributed by atoms with van der Waals surface area (Å²) in [5.41, 5.74) is 2.69. The van der Waals surface area contributed by atoms with E-state index in [-0.39, 0.29) is 5.91 Å². The number of carbonyl (C=O) groups is 1. The second-order valence-electron chi connectivity index (χ2n) is 6.65. The zero-order valence-corrected chi connectivity index (χ0v) is 15.6. The van der Waals surface area contributed by atoms with Gasteiger partial charge in [0, 0.05) is 36.4 Å². The van der Waals surface area contributed by atoms with Gasteiger partial charge in [-0.3, -0.25) is 4.79 Å². The van der Waals surface area contributed by atoms with E-state index in [1.165, 1.54) is 5.69 Å². The number of nitrogens with one attached hydrogen (secondary N) is 1. The molecule has 2 aromatic carbocycles. The van der Waals surface area contributed by atoms with Crippen LogP contribution in [-0.2, 0) is 0 Å². The van der Waals surface area contributed by atoms with E-state index >= 15 is 0 Å². The van der Waals surface area contributed by atoms with E-state index in [1.54, 1.807) is 26.4 Å². The van der Waals surface area contributed by atoms with Gasteiger partial charge >= 0.3 is 0 Å². The first-order chi connectivity index (χ1) is 12.6. The van der Waals surface area contributed by atoms with Crippen LogP contribution in [0.4, 0.5) is 5.69 Å². The first-order valence-electron chi connectivity index (χ1n) is 8.93. The van der Waals surface area contributed by atoms with Gasteiger partial charge in [0.05, 0.1) is 14.2 Å². The Labute approximate surface area is 154 Å². The van der Waals surface area contributed by atoms with Crippen molar-refractivity contribution in [3.8, 4) is 11.5 Å². The number of hydrogen-bond donors (Lipinski definition) is 1. The lowest BCUT2D eigenvalue weighted by Gasteiger charge is -2.19. The lowest BCUT2D eigenvalue weighted by atomic mass is 10.1. The summed E-state index contributed by atoms with van der Waals surface area (Å²) in [7, 11) is 3.19. The van der Waals surface area contributed by atoms with E-state index in [0.717, 1.165) is 25.1 Å². The summed E-state index contributed by atoms with van der Waals surface area (Å²) in [5, 5.41) is 3.06. The highest BCUT2D eigenvalue weighted by Gasteiger charge is 2.23. The third-order valence-corrected chi connectivity index (χ3v) is 4.97. The fourth-order valence-corrected chi connectivity index (χ4v) is 3.43. The van der Waals surface area contributed by atoms with Gasteiger partial charge in [0.15, 0.2) is 0 Å². The van der Waals surface area contributed by atoms with Crippen LogP contribution in [0.2, 0.25) is 0 Å². The molecule has 0 aliphatic carbocycles. The first-order valence-corrected chi connectivity index (χ1v) is 8.93. The predicted octanol–water partition coefficient (Wildman–Crippen LogP) is 3.27. The summed E-state index contributed by atoms with van der Waals surface area (Å²) in [6, 6.07) is 13.9. The summed E-state index contributed by atoms with van der Waals surface area (Å²) in [6.07, 6.45) is 1.08. The maximum atomic E-state index is 12.6. The number of carbonyl (C=O) groups excluding carboxylic acids is 1. The molecule has 5 nitrogen and oxygen atoms in total. The average Bonchev–Trinajstić information content (AvgIpc) is 3.16. The topological polar surface area (TPSA) is 50.8 Å². The molecule has 1 aliphatic rings. The third kappa shape index (κ3) is 3.93. The van der Waals surface area contributed by atoms with Crippen LogP contribution in [0.1, 0.15) is 22.3 Å². The van der Waals surface area contributed by atoms with Gasteiger partial charge in [0.1, 0.15) is 11.5 Å². The van der Waals surface area contributed by atoms with Crippen LogP contribution >= 0.6 is 0 Å². The number of ether oxygens (including phenoxy) is 2. The molecule has 3 rings (SSSR count). The molecule has 0 bridgehead atoms. The minimum atomic E-state index is -0.0974. The largest absolute Gasteiger partial charge is 0.496 e. The number of rotatable bonds is 6. The molecule has 138 valence electrons. The molecule has 1 aliphatic heterocycles. The Morgan fingerprint density at radius 2 is 1.81 bits per heavy atom. The van der Waals surface area contributed by atoms with Crippen molar-refractivity contribution in [2.24, 2.45) is 5.92 Å². The SMILES string of the molecule is COc1cc(C(=O)NCC2CCN(c3ccccc3)C2)cc(OC)c1C. The molecule has 26 heavy (non-hydrogen) atoms. The van der Waals surface area contributed by atoms with Crippen molar-refractivity contribution in [3.05, 3.63) is 53.6 Å². The Kier molecular flexibility index (Phi) is 5.66. The third-order valence-electron chi connectivity index (χ3n) is 4.97. The van der Waals surface area contributed by atoms with Crippen molar-refractivity contribution in [3.63, 3.8) is 0 Å². The van der Waals surface area contributed by atoms with E-state index in [2.05, 4.69) is 34.5 Å². The molecule has 1 N–H and O–H groups in total. The highest BCUT2D eigenvalue weighted by Crippen LogP contribution is 2.29. The minimum absolute atomic E-state index is 0.0974. The van der Waals surface area contributed by atoms with Gasteiger partial charge < -0.3 is 19.7 Å². The lowest BCUT2D eigenvalue weighted by molar-refractivity contribution is 0.0947. The Morgan fingerprint density at radius 1 is 1.15 bits per heavy atom. The zero-order chi connectivity index (χ0) is 18.5. The number of amides is 1. The molecular weight excluding hydrogens is 328 g/mol. The van der Waals surface area contributed by atoms with Crippen LogP contribution in [0.25, 0.3) is 0 Å². The summed E-state index contributed by atoms with van der Waals surface area (Å²) in [4.78, 5) is 14.9. The lowest BCUT2D eigenvalue weighted by Crippen LogP contribution is -2.31. The van der Waals surface area contributed by atoms with E-state index in [9.17, 15) is 4.79 Å². The van der Waals surface area contributed by atoms with Crippen molar-refractivity contribution in [1.29, 1.82) is 0 Å². The van der Waals surface area contributed by atoms with E-state index in [4.69, 9.17) is 9.47 Å². The molecule has 1 amide bonds. The summed E-state index contributed by atoms with van der Waals surface area (Å²) >= 11 is 0.